The van der Waals surface area contributed by atoms with Gasteiger partial charge >= 0.3 is 0 Å². The van der Waals surface area contributed by atoms with E-state index < -0.39 is 0 Å². The lowest BCUT2D eigenvalue weighted by Gasteiger charge is -2.03. The number of nitrogens with one attached hydrogen (secondary N) is 1. The van der Waals surface area contributed by atoms with E-state index >= 15 is 0 Å². The Kier molecular flexibility index (Phi) is 3.65. The maximum absolute atomic E-state index is 4.52. The van der Waals surface area contributed by atoms with Gasteiger partial charge in [0.1, 0.15) is 5.82 Å². The van der Waals surface area contributed by atoms with Crippen molar-refractivity contribution in [2.45, 2.75) is 13.8 Å². The zero-order valence-corrected chi connectivity index (χ0v) is 12.2. The topological polar surface area (TPSA) is 37.3 Å². The second-order valence-corrected chi connectivity index (χ2v) is 5.12. The highest BCUT2D eigenvalue weighted by Crippen LogP contribution is 2.14. The van der Waals surface area contributed by atoms with Crippen molar-refractivity contribution in [3.8, 4) is 0 Å². The second kappa shape index (κ2) is 5.75. The molecule has 0 unspecified atom stereocenters. The number of hydrazone groups is 1. The number of hydrogen-bond donors (Lipinski definition) is 1. The van der Waals surface area contributed by atoms with Crippen LogP contribution in [0.5, 0.6) is 0 Å². The zero-order valence-electron chi connectivity index (χ0n) is 12.2. The molecule has 3 nitrogen and oxygen atoms in total. The molecule has 0 saturated carbocycles. The summed E-state index contributed by atoms with van der Waals surface area (Å²) in [5, 5.41) is 5.40. The van der Waals surface area contributed by atoms with Crippen LogP contribution in [0.1, 0.15) is 16.7 Å². The van der Waals surface area contributed by atoms with Gasteiger partial charge in [0.15, 0.2) is 0 Å². The molecule has 0 fully saturated rings. The van der Waals surface area contributed by atoms with Gasteiger partial charge < -0.3 is 0 Å². The number of aryl methyl sites for hydroxylation is 2. The molecule has 0 spiro atoms. The summed E-state index contributed by atoms with van der Waals surface area (Å²) >= 11 is 0. The molecule has 0 bridgehead atoms. The van der Waals surface area contributed by atoms with Crippen LogP contribution in [0.15, 0.2) is 59.7 Å². The fraction of sp³-hybridized carbons (Fsp3) is 0.111. The minimum absolute atomic E-state index is 0.745. The lowest BCUT2D eigenvalue weighted by Crippen LogP contribution is -1.95. The van der Waals surface area contributed by atoms with Gasteiger partial charge in [0.2, 0.25) is 0 Å². The van der Waals surface area contributed by atoms with E-state index in [9.17, 15) is 0 Å². The van der Waals surface area contributed by atoms with Crippen molar-refractivity contribution in [2.24, 2.45) is 5.10 Å². The molecule has 1 aromatic heterocycles. The van der Waals surface area contributed by atoms with Crippen LogP contribution < -0.4 is 5.43 Å². The summed E-state index contributed by atoms with van der Waals surface area (Å²) in [6.07, 6.45) is 1.83. The van der Waals surface area contributed by atoms with Gasteiger partial charge in [0.05, 0.1) is 11.7 Å². The van der Waals surface area contributed by atoms with E-state index in [1.165, 1.54) is 11.1 Å². The molecular weight excluding hydrogens is 258 g/mol. The summed E-state index contributed by atoms with van der Waals surface area (Å²) in [5.74, 6) is 0.745. The summed E-state index contributed by atoms with van der Waals surface area (Å²) < 4.78 is 0. The first kappa shape index (κ1) is 13.3. The van der Waals surface area contributed by atoms with Crippen molar-refractivity contribution in [2.75, 3.05) is 5.43 Å². The molecule has 0 amide bonds. The zero-order chi connectivity index (χ0) is 14.7. The molecule has 0 aliphatic carbocycles. The molecule has 3 rings (SSSR count). The Bertz CT molecular complexity index is 806. The van der Waals surface area contributed by atoms with Gasteiger partial charge in [-0.1, -0.05) is 42.0 Å². The molecule has 0 saturated heterocycles. The number of para-hydroxylation sites is 1. The first-order valence-corrected chi connectivity index (χ1v) is 6.94. The van der Waals surface area contributed by atoms with Crippen molar-refractivity contribution in [1.29, 1.82) is 0 Å². The van der Waals surface area contributed by atoms with E-state index in [0.29, 0.717) is 0 Å². The Morgan fingerprint density at radius 3 is 2.71 bits per heavy atom. The minimum Gasteiger partial charge on any atom is -0.261 e. The highest BCUT2D eigenvalue weighted by Gasteiger charge is 1.97. The van der Waals surface area contributed by atoms with Crippen LogP contribution in [0.2, 0.25) is 0 Å². The fourth-order valence-corrected chi connectivity index (χ4v) is 2.27. The summed E-state index contributed by atoms with van der Waals surface area (Å²) in [5.41, 5.74) is 7.53. The van der Waals surface area contributed by atoms with Gasteiger partial charge in [-0.25, -0.2) is 4.98 Å². The van der Waals surface area contributed by atoms with E-state index in [0.717, 1.165) is 22.3 Å². The van der Waals surface area contributed by atoms with Crippen LogP contribution in [0.25, 0.3) is 10.9 Å². The molecule has 3 aromatic rings. The molecule has 21 heavy (non-hydrogen) atoms. The third kappa shape index (κ3) is 3.08. The predicted molar refractivity (Wildman–Crippen MR) is 88.9 cm³/mol. The van der Waals surface area contributed by atoms with Crippen molar-refractivity contribution in [3.05, 3.63) is 71.3 Å². The van der Waals surface area contributed by atoms with E-state index in [1.54, 1.807) is 0 Å². The van der Waals surface area contributed by atoms with Gasteiger partial charge in [0, 0.05) is 5.39 Å². The third-order valence-corrected chi connectivity index (χ3v) is 3.41. The SMILES string of the molecule is Cc1ccc(/C=N\Nc2ccc3ccccc3n2)c(C)c1. The molecule has 0 aliphatic heterocycles. The van der Waals surface area contributed by atoms with Gasteiger partial charge in [0.25, 0.3) is 0 Å². The first-order chi connectivity index (χ1) is 10.2. The molecular formula is C18H17N3. The number of pyridine rings is 1. The van der Waals surface area contributed by atoms with Crippen molar-refractivity contribution < 1.29 is 0 Å². The Morgan fingerprint density at radius 1 is 1.00 bits per heavy atom. The molecule has 3 heteroatoms. The minimum atomic E-state index is 0.745. The standard InChI is InChI=1S/C18H17N3/c1-13-7-8-16(14(2)11-13)12-19-21-18-10-9-15-5-3-4-6-17(15)20-18/h3-12H,1-2H3,(H,20,21)/b19-12-. The Labute approximate surface area is 124 Å². The Balaban J connectivity index is 1.77. The monoisotopic (exact) mass is 275 g/mol. The molecule has 104 valence electrons. The van der Waals surface area contributed by atoms with Gasteiger partial charge in [-0.05, 0) is 43.2 Å². The van der Waals surface area contributed by atoms with Crippen LogP contribution in [0.3, 0.4) is 0 Å². The second-order valence-electron chi connectivity index (χ2n) is 5.12. The van der Waals surface area contributed by atoms with Crippen LogP contribution >= 0.6 is 0 Å². The fourth-order valence-electron chi connectivity index (χ4n) is 2.27. The van der Waals surface area contributed by atoms with E-state index in [1.807, 2.05) is 42.6 Å². The maximum atomic E-state index is 4.52. The van der Waals surface area contributed by atoms with Gasteiger partial charge in [-0.3, -0.25) is 5.43 Å². The smallest absolute Gasteiger partial charge is 0.146 e. The quantitative estimate of drug-likeness (QED) is 0.571. The summed E-state index contributed by atoms with van der Waals surface area (Å²) in [6, 6.07) is 18.3. The molecule has 1 heterocycles. The molecule has 1 N–H and O–H groups in total. The van der Waals surface area contributed by atoms with Crippen LogP contribution in [0.4, 0.5) is 5.82 Å². The van der Waals surface area contributed by atoms with Crippen molar-refractivity contribution >= 4 is 22.9 Å². The van der Waals surface area contributed by atoms with Gasteiger partial charge in [-0.15, -0.1) is 0 Å². The normalized spacial score (nSPS) is 11.1. The number of benzene rings is 2. The summed E-state index contributed by atoms with van der Waals surface area (Å²) in [4.78, 5) is 4.52. The maximum Gasteiger partial charge on any atom is 0.146 e. The van der Waals surface area contributed by atoms with Crippen molar-refractivity contribution in [1.82, 2.24) is 4.98 Å². The van der Waals surface area contributed by atoms with Crippen LogP contribution in [-0.4, -0.2) is 11.2 Å². The van der Waals surface area contributed by atoms with E-state index in [-0.39, 0.29) is 0 Å². The Morgan fingerprint density at radius 2 is 1.86 bits per heavy atom. The first-order valence-electron chi connectivity index (χ1n) is 6.94. The van der Waals surface area contributed by atoms with E-state index in [2.05, 4.69) is 47.6 Å². The summed E-state index contributed by atoms with van der Waals surface area (Å²) in [6.45, 7) is 4.17. The van der Waals surface area contributed by atoms with Crippen LogP contribution in [-0.2, 0) is 0 Å². The number of nitrogens with zero attached hydrogens (tertiary/aromatic N) is 2. The van der Waals surface area contributed by atoms with E-state index in [4.69, 9.17) is 0 Å². The number of fused-ring (bicyclic) bond motifs is 1. The molecule has 0 radical (unpaired) electrons. The predicted octanol–water partition coefficient (Wildman–Crippen LogP) is 4.30. The van der Waals surface area contributed by atoms with Gasteiger partial charge in [-0.2, -0.15) is 5.10 Å². The highest BCUT2D eigenvalue weighted by atomic mass is 15.3. The molecule has 2 aromatic carbocycles. The third-order valence-electron chi connectivity index (χ3n) is 3.41. The number of anilines is 1. The molecule has 0 atom stereocenters. The molecule has 0 aliphatic rings. The van der Waals surface area contributed by atoms with Crippen molar-refractivity contribution in [3.63, 3.8) is 0 Å². The average molecular weight is 275 g/mol. The number of aromatic nitrogens is 1. The lowest BCUT2D eigenvalue weighted by atomic mass is 10.1. The average Bonchev–Trinajstić information content (AvgIpc) is 2.49. The number of rotatable bonds is 3. The highest BCUT2D eigenvalue weighted by molar-refractivity contribution is 5.83. The lowest BCUT2D eigenvalue weighted by molar-refractivity contribution is 1.26. The van der Waals surface area contributed by atoms with Crippen LogP contribution in [0, 0.1) is 13.8 Å². The summed E-state index contributed by atoms with van der Waals surface area (Å²) in [7, 11) is 0. The Hall–Kier alpha value is -2.68. The largest absolute Gasteiger partial charge is 0.261 e. The number of hydrogen-bond acceptors (Lipinski definition) is 3.